The van der Waals surface area contributed by atoms with Gasteiger partial charge < -0.3 is 19.6 Å². The van der Waals surface area contributed by atoms with E-state index in [4.69, 9.17) is 4.74 Å². The van der Waals surface area contributed by atoms with Crippen LogP contribution in [0.2, 0.25) is 0 Å². The Hall–Kier alpha value is -2.69. The highest BCUT2D eigenvalue weighted by atomic mass is 16.5. The van der Waals surface area contributed by atoms with Crippen molar-refractivity contribution in [2.45, 2.75) is 6.42 Å². The Morgan fingerprint density at radius 3 is 2.70 bits per heavy atom. The van der Waals surface area contributed by atoms with Crippen molar-refractivity contribution >= 4 is 17.3 Å². The molecule has 2 aromatic rings. The molecule has 5 nitrogen and oxygen atoms in total. The van der Waals surface area contributed by atoms with Crippen molar-refractivity contribution in [2.24, 2.45) is 0 Å². The number of aromatic hydroxyl groups is 1. The molecule has 1 N–H and O–H groups in total. The minimum absolute atomic E-state index is 0.0228. The van der Waals surface area contributed by atoms with E-state index in [1.807, 2.05) is 43.3 Å². The van der Waals surface area contributed by atoms with Gasteiger partial charge in [-0.1, -0.05) is 18.2 Å². The Morgan fingerprint density at radius 2 is 2.00 bits per heavy atom. The molecule has 0 aliphatic carbocycles. The zero-order valence-electron chi connectivity index (χ0n) is 13.5. The summed E-state index contributed by atoms with van der Waals surface area (Å²) in [6.45, 7) is 0.661. The molecule has 0 atom stereocenters. The SMILES string of the molecule is COc1cc(C(=O)N2CCc3ccccc32)c(N(C)C)cc1O. The Bertz CT molecular complexity index is 756. The maximum Gasteiger partial charge on any atom is 0.260 e. The van der Waals surface area contributed by atoms with E-state index in [-0.39, 0.29) is 11.7 Å². The summed E-state index contributed by atoms with van der Waals surface area (Å²) in [5, 5.41) is 9.99. The fraction of sp³-hybridized carbons (Fsp3) is 0.278. The second kappa shape index (κ2) is 5.83. The first-order valence-electron chi connectivity index (χ1n) is 7.51. The lowest BCUT2D eigenvalue weighted by Gasteiger charge is -2.23. The van der Waals surface area contributed by atoms with Crippen molar-refractivity contribution in [1.82, 2.24) is 0 Å². The van der Waals surface area contributed by atoms with Gasteiger partial charge in [-0.05, 0) is 24.1 Å². The van der Waals surface area contributed by atoms with Gasteiger partial charge in [-0.15, -0.1) is 0 Å². The van der Waals surface area contributed by atoms with Gasteiger partial charge in [0.25, 0.3) is 5.91 Å². The smallest absolute Gasteiger partial charge is 0.260 e. The average molecular weight is 312 g/mol. The monoisotopic (exact) mass is 312 g/mol. The third-order valence-electron chi connectivity index (χ3n) is 4.14. The number of hydrogen-bond acceptors (Lipinski definition) is 4. The summed E-state index contributed by atoms with van der Waals surface area (Å²) in [4.78, 5) is 16.7. The number of anilines is 2. The number of carbonyl (C=O) groups is 1. The standard InChI is InChI=1S/C18H20N2O3/c1-19(2)15-11-16(21)17(23-3)10-13(15)18(22)20-9-8-12-6-4-5-7-14(12)20/h4-7,10-11,21H,8-9H2,1-3H3. The third-order valence-corrected chi connectivity index (χ3v) is 4.14. The maximum absolute atomic E-state index is 13.1. The number of hydrogen-bond donors (Lipinski definition) is 1. The van der Waals surface area contributed by atoms with E-state index in [0.717, 1.165) is 12.1 Å². The predicted octanol–water partition coefficient (Wildman–Crippen LogP) is 2.67. The maximum atomic E-state index is 13.1. The minimum atomic E-state index is -0.0862. The number of amides is 1. The number of ether oxygens (including phenoxy) is 1. The van der Waals surface area contributed by atoms with Crippen LogP contribution in [-0.4, -0.2) is 38.8 Å². The van der Waals surface area contributed by atoms with Gasteiger partial charge in [-0.25, -0.2) is 0 Å². The van der Waals surface area contributed by atoms with E-state index in [2.05, 4.69) is 0 Å². The van der Waals surface area contributed by atoms with Gasteiger partial charge in [-0.2, -0.15) is 0 Å². The highest BCUT2D eigenvalue weighted by Gasteiger charge is 2.28. The van der Waals surface area contributed by atoms with Crippen molar-refractivity contribution in [2.75, 3.05) is 37.5 Å². The van der Waals surface area contributed by atoms with Crippen LogP contribution in [0.4, 0.5) is 11.4 Å². The van der Waals surface area contributed by atoms with E-state index in [1.165, 1.54) is 12.7 Å². The zero-order chi connectivity index (χ0) is 16.6. The van der Waals surface area contributed by atoms with Crippen LogP contribution in [0.15, 0.2) is 36.4 Å². The van der Waals surface area contributed by atoms with E-state index < -0.39 is 0 Å². The zero-order valence-corrected chi connectivity index (χ0v) is 13.5. The summed E-state index contributed by atoms with van der Waals surface area (Å²) in [5.74, 6) is 0.234. The number of nitrogens with zero attached hydrogens (tertiary/aromatic N) is 2. The van der Waals surface area contributed by atoms with E-state index in [1.54, 1.807) is 17.0 Å². The Morgan fingerprint density at radius 1 is 1.26 bits per heavy atom. The molecule has 1 heterocycles. The molecule has 0 radical (unpaired) electrons. The molecule has 0 fully saturated rings. The van der Waals surface area contributed by atoms with Crippen LogP contribution in [0.1, 0.15) is 15.9 Å². The summed E-state index contributed by atoms with van der Waals surface area (Å²) < 4.78 is 5.16. The van der Waals surface area contributed by atoms with Crippen LogP contribution in [0.5, 0.6) is 11.5 Å². The Labute approximate surface area is 135 Å². The van der Waals surface area contributed by atoms with Gasteiger partial charge in [0.15, 0.2) is 11.5 Å². The molecule has 0 saturated heterocycles. The van der Waals surface area contributed by atoms with Crippen LogP contribution in [0, 0.1) is 0 Å². The lowest BCUT2D eigenvalue weighted by molar-refractivity contribution is 0.0989. The summed E-state index contributed by atoms with van der Waals surface area (Å²) in [6, 6.07) is 11.1. The van der Waals surface area contributed by atoms with Crippen molar-refractivity contribution in [1.29, 1.82) is 0 Å². The molecule has 3 rings (SSSR count). The van der Waals surface area contributed by atoms with Crippen molar-refractivity contribution < 1.29 is 14.6 Å². The van der Waals surface area contributed by atoms with Crippen LogP contribution in [-0.2, 0) is 6.42 Å². The topological polar surface area (TPSA) is 53.0 Å². The lowest BCUT2D eigenvalue weighted by Crippen LogP contribution is -2.30. The molecule has 5 heteroatoms. The highest BCUT2D eigenvalue weighted by Crippen LogP contribution is 2.36. The Balaban J connectivity index is 2.06. The lowest BCUT2D eigenvalue weighted by atomic mass is 10.1. The second-order valence-electron chi connectivity index (χ2n) is 5.77. The molecule has 0 saturated carbocycles. The third kappa shape index (κ3) is 2.59. The number of fused-ring (bicyclic) bond motifs is 1. The second-order valence-corrected chi connectivity index (χ2v) is 5.77. The van der Waals surface area contributed by atoms with Crippen LogP contribution in [0.3, 0.4) is 0 Å². The molecule has 0 unspecified atom stereocenters. The van der Waals surface area contributed by atoms with Gasteiger partial charge >= 0.3 is 0 Å². The Kier molecular flexibility index (Phi) is 3.86. The highest BCUT2D eigenvalue weighted by molar-refractivity contribution is 6.11. The molecule has 0 aromatic heterocycles. The normalized spacial score (nSPS) is 12.9. The number of benzene rings is 2. The number of phenols is 1. The number of phenolic OH excluding ortho intramolecular Hbond substituents is 1. The summed E-state index contributed by atoms with van der Waals surface area (Å²) in [7, 11) is 5.16. The molecule has 120 valence electrons. The molecule has 1 amide bonds. The molecule has 1 aliphatic heterocycles. The average Bonchev–Trinajstić information content (AvgIpc) is 2.97. The largest absolute Gasteiger partial charge is 0.504 e. The molecule has 1 aliphatic rings. The predicted molar refractivity (Wildman–Crippen MR) is 90.8 cm³/mol. The van der Waals surface area contributed by atoms with E-state index in [9.17, 15) is 9.90 Å². The van der Waals surface area contributed by atoms with Crippen LogP contribution in [0.25, 0.3) is 0 Å². The van der Waals surface area contributed by atoms with Gasteiger partial charge in [-0.3, -0.25) is 4.79 Å². The van der Waals surface area contributed by atoms with Crippen LogP contribution < -0.4 is 14.5 Å². The van der Waals surface area contributed by atoms with Gasteiger partial charge in [0.2, 0.25) is 0 Å². The molecule has 2 aromatic carbocycles. The molecule has 0 spiro atoms. The molecule has 0 bridgehead atoms. The van der Waals surface area contributed by atoms with Gasteiger partial charge in [0.1, 0.15) is 0 Å². The summed E-state index contributed by atoms with van der Waals surface area (Å²) in [5.41, 5.74) is 3.31. The minimum Gasteiger partial charge on any atom is -0.504 e. The fourth-order valence-corrected chi connectivity index (χ4v) is 2.96. The quantitative estimate of drug-likeness (QED) is 0.947. The number of carbonyl (C=O) groups excluding carboxylic acids is 1. The summed E-state index contributed by atoms with van der Waals surface area (Å²) >= 11 is 0. The van der Waals surface area contributed by atoms with E-state index >= 15 is 0 Å². The summed E-state index contributed by atoms with van der Waals surface area (Å²) in [6.07, 6.45) is 0.856. The number of methoxy groups -OCH3 is 1. The molecular formula is C18H20N2O3. The molecule has 23 heavy (non-hydrogen) atoms. The first-order chi connectivity index (χ1) is 11.0. The van der Waals surface area contributed by atoms with E-state index in [0.29, 0.717) is 23.5 Å². The fourth-order valence-electron chi connectivity index (χ4n) is 2.96. The van der Waals surface area contributed by atoms with Crippen molar-refractivity contribution in [3.05, 3.63) is 47.5 Å². The number of para-hydroxylation sites is 1. The van der Waals surface area contributed by atoms with Crippen LogP contribution >= 0.6 is 0 Å². The van der Waals surface area contributed by atoms with Crippen molar-refractivity contribution in [3.8, 4) is 11.5 Å². The first kappa shape index (κ1) is 15.2. The van der Waals surface area contributed by atoms with Gasteiger partial charge in [0, 0.05) is 32.4 Å². The number of rotatable bonds is 3. The van der Waals surface area contributed by atoms with Gasteiger partial charge in [0.05, 0.1) is 18.4 Å². The first-order valence-corrected chi connectivity index (χ1v) is 7.51. The molecular weight excluding hydrogens is 292 g/mol. The van der Waals surface area contributed by atoms with Crippen molar-refractivity contribution in [3.63, 3.8) is 0 Å².